The SMILES string of the molecule is CCC1CCCC(Nc2ccc(OC(F)(F)F)cc2)CC1. The van der Waals surface area contributed by atoms with E-state index < -0.39 is 6.36 Å². The molecule has 1 saturated carbocycles. The van der Waals surface area contributed by atoms with Gasteiger partial charge in [0.05, 0.1) is 0 Å². The molecule has 118 valence electrons. The van der Waals surface area contributed by atoms with Crippen molar-refractivity contribution in [2.24, 2.45) is 5.92 Å². The van der Waals surface area contributed by atoms with Gasteiger partial charge in [0.15, 0.2) is 0 Å². The summed E-state index contributed by atoms with van der Waals surface area (Å²) in [5.41, 5.74) is 0.851. The number of hydrogen-bond acceptors (Lipinski definition) is 2. The molecule has 2 unspecified atom stereocenters. The minimum absolute atomic E-state index is 0.181. The van der Waals surface area contributed by atoms with Gasteiger partial charge in [-0.3, -0.25) is 0 Å². The van der Waals surface area contributed by atoms with Gasteiger partial charge in [0.25, 0.3) is 0 Å². The van der Waals surface area contributed by atoms with Crippen molar-refractivity contribution >= 4 is 5.69 Å². The summed E-state index contributed by atoms with van der Waals surface area (Å²) in [6.07, 6.45) is 2.57. The maximum Gasteiger partial charge on any atom is 0.573 e. The minimum atomic E-state index is -4.63. The molecule has 1 aromatic carbocycles. The van der Waals surface area contributed by atoms with Gasteiger partial charge in [-0.15, -0.1) is 13.2 Å². The highest BCUT2D eigenvalue weighted by Crippen LogP contribution is 2.28. The van der Waals surface area contributed by atoms with Crippen LogP contribution in [0.2, 0.25) is 0 Å². The highest BCUT2D eigenvalue weighted by Gasteiger charge is 2.31. The van der Waals surface area contributed by atoms with Crippen molar-refractivity contribution in [1.29, 1.82) is 0 Å². The number of nitrogens with one attached hydrogen (secondary N) is 1. The van der Waals surface area contributed by atoms with Crippen LogP contribution in [-0.4, -0.2) is 12.4 Å². The van der Waals surface area contributed by atoms with Gasteiger partial charge in [-0.25, -0.2) is 0 Å². The van der Waals surface area contributed by atoms with E-state index in [1.54, 1.807) is 12.1 Å². The fraction of sp³-hybridized carbons (Fsp3) is 0.625. The highest BCUT2D eigenvalue weighted by molar-refractivity contribution is 5.47. The second-order valence-corrected chi connectivity index (χ2v) is 5.70. The molecule has 1 aliphatic rings. The standard InChI is InChI=1S/C16H22F3NO/c1-2-12-4-3-5-13(7-6-12)20-14-8-10-15(11-9-14)21-16(17,18)19/h8-13,20H,2-7H2,1H3. The van der Waals surface area contributed by atoms with E-state index in [1.165, 1.54) is 37.8 Å². The van der Waals surface area contributed by atoms with E-state index in [0.717, 1.165) is 24.4 Å². The number of hydrogen-bond donors (Lipinski definition) is 1. The first-order valence-electron chi connectivity index (χ1n) is 7.58. The van der Waals surface area contributed by atoms with E-state index in [1.807, 2.05) is 0 Å². The molecule has 0 heterocycles. The number of benzene rings is 1. The normalized spacial score (nSPS) is 23.4. The summed E-state index contributed by atoms with van der Waals surface area (Å²) in [7, 11) is 0. The van der Waals surface area contributed by atoms with E-state index in [9.17, 15) is 13.2 Å². The van der Waals surface area contributed by atoms with Crippen LogP contribution in [0.3, 0.4) is 0 Å². The van der Waals surface area contributed by atoms with E-state index in [4.69, 9.17) is 0 Å². The van der Waals surface area contributed by atoms with Crippen LogP contribution in [0.1, 0.15) is 45.4 Å². The van der Waals surface area contributed by atoms with Crippen molar-refractivity contribution in [2.45, 2.75) is 57.9 Å². The molecule has 0 spiro atoms. The zero-order valence-electron chi connectivity index (χ0n) is 12.2. The number of rotatable bonds is 4. The maximum absolute atomic E-state index is 12.1. The topological polar surface area (TPSA) is 21.3 Å². The van der Waals surface area contributed by atoms with Gasteiger partial charge in [-0.1, -0.05) is 26.2 Å². The fourth-order valence-electron chi connectivity index (χ4n) is 2.92. The Kier molecular flexibility index (Phi) is 5.37. The third kappa shape index (κ3) is 5.48. The molecule has 0 bridgehead atoms. The summed E-state index contributed by atoms with van der Waals surface area (Å²) in [6, 6.07) is 6.39. The van der Waals surface area contributed by atoms with E-state index in [0.29, 0.717) is 6.04 Å². The molecule has 0 aromatic heterocycles. The second-order valence-electron chi connectivity index (χ2n) is 5.70. The van der Waals surface area contributed by atoms with Gasteiger partial charge >= 0.3 is 6.36 Å². The molecule has 5 heteroatoms. The van der Waals surface area contributed by atoms with Gasteiger partial charge in [0, 0.05) is 11.7 Å². The number of alkyl halides is 3. The Balaban J connectivity index is 1.88. The Morgan fingerprint density at radius 2 is 1.81 bits per heavy atom. The molecule has 2 rings (SSSR count). The molecule has 0 amide bonds. The Labute approximate surface area is 123 Å². The summed E-state index contributed by atoms with van der Waals surface area (Å²) in [4.78, 5) is 0. The number of ether oxygens (including phenoxy) is 1. The van der Waals surface area contributed by atoms with Gasteiger partial charge in [-0.05, 0) is 49.4 Å². The molecule has 0 aliphatic heterocycles. The van der Waals surface area contributed by atoms with Crippen LogP contribution in [0, 0.1) is 5.92 Å². The van der Waals surface area contributed by atoms with Crippen LogP contribution >= 0.6 is 0 Å². The summed E-state index contributed by atoms with van der Waals surface area (Å²) in [6.45, 7) is 2.23. The quantitative estimate of drug-likeness (QED) is 0.756. The third-order valence-corrected chi connectivity index (χ3v) is 4.12. The van der Waals surface area contributed by atoms with Crippen LogP contribution in [0.25, 0.3) is 0 Å². The Morgan fingerprint density at radius 1 is 1.10 bits per heavy atom. The van der Waals surface area contributed by atoms with Crippen molar-refractivity contribution in [1.82, 2.24) is 0 Å². The lowest BCUT2D eigenvalue weighted by atomic mass is 9.98. The Bertz CT molecular complexity index is 430. The summed E-state index contributed by atoms with van der Waals surface area (Å²) in [5.74, 6) is 0.638. The van der Waals surface area contributed by atoms with Crippen LogP contribution in [0.15, 0.2) is 24.3 Å². The fourth-order valence-corrected chi connectivity index (χ4v) is 2.92. The Morgan fingerprint density at radius 3 is 2.43 bits per heavy atom. The molecular formula is C16H22F3NO. The zero-order valence-corrected chi connectivity index (χ0v) is 12.2. The molecule has 2 nitrogen and oxygen atoms in total. The second kappa shape index (κ2) is 7.05. The maximum atomic E-state index is 12.1. The highest BCUT2D eigenvalue weighted by atomic mass is 19.4. The van der Waals surface area contributed by atoms with Crippen LogP contribution in [0.4, 0.5) is 18.9 Å². The van der Waals surface area contributed by atoms with Crippen molar-refractivity contribution in [3.8, 4) is 5.75 Å². The molecular weight excluding hydrogens is 279 g/mol. The minimum Gasteiger partial charge on any atom is -0.406 e. The molecule has 1 aromatic rings. The van der Waals surface area contributed by atoms with Crippen LogP contribution in [-0.2, 0) is 0 Å². The molecule has 0 radical (unpaired) electrons. The summed E-state index contributed by atoms with van der Waals surface area (Å²) < 4.78 is 40.1. The number of halogens is 3. The smallest absolute Gasteiger partial charge is 0.406 e. The zero-order chi connectivity index (χ0) is 15.3. The third-order valence-electron chi connectivity index (χ3n) is 4.12. The monoisotopic (exact) mass is 301 g/mol. The van der Waals surface area contributed by atoms with Gasteiger partial charge in [-0.2, -0.15) is 0 Å². The first-order valence-corrected chi connectivity index (χ1v) is 7.58. The van der Waals surface area contributed by atoms with E-state index in [2.05, 4.69) is 17.0 Å². The van der Waals surface area contributed by atoms with E-state index >= 15 is 0 Å². The summed E-state index contributed by atoms with van der Waals surface area (Å²) >= 11 is 0. The predicted octanol–water partition coefficient (Wildman–Crippen LogP) is 5.36. The molecule has 1 aliphatic carbocycles. The van der Waals surface area contributed by atoms with Gasteiger partial charge < -0.3 is 10.1 Å². The largest absolute Gasteiger partial charge is 0.573 e. The van der Waals surface area contributed by atoms with Crippen molar-refractivity contribution in [3.05, 3.63) is 24.3 Å². The lowest BCUT2D eigenvalue weighted by Crippen LogP contribution is -2.19. The van der Waals surface area contributed by atoms with E-state index in [-0.39, 0.29) is 5.75 Å². The van der Waals surface area contributed by atoms with Gasteiger partial charge in [0.2, 0.25) is 0 Å². The molecule has 0 saturated heterocycles. The summed E-state index contributed by atoms with van der Waals surface area (Å²) in [5, 5.41) is 3.42. The average molecular weight is 301 g/mol. The first kappa shape index (κ1) is 16.0. The predicted molar refractivity (Wildman–Crippen MR) is 77.4 cm³/mol. The van der Waals surface area contributed by atoms with Crippen molar-refractivity contribution < 1.29 is 17.9 Å². The van der Waals surface area contributed by atoms with Gasteiger partial charge in [0.1, 0.15) is 5.75 Å². The van der Waals surface area contributed by atoms with Crippen LogP contribution in [0.5, 0.6) is 5.75 Å². The molecule has 21 heavy (non-hydrogen) atoms. The molecule has 2 atom stereocenters. The Hall–Kier alpha value is -1.39. The number of anilines is 1. The lowest BCUT2D eigenvalue weighted by molar-refractivity contribution is -0.274. The first-order chi connectivity index (χ1) is 9.96. The van der Waals surface area contributed by atoms with Crippen molar-refractivity contribution in [2.75, 3.05) is 5.32 Å². The lowest BCUT2D eigenvalue weighted by Gasteiger charge is -2.18. The average Bonchev–Trinajstić information content (AvgIpc) is 2.64. The van der Waals surface area contributed by atoms with Crippen LogP contribution < -0.4 is 10.1 Å². The van der Waals surface area contributed by atoms with Crippen molar-refractivity contribution in [3.63, 3.8) is 0 Å². The molecule has 1 fully saturated rings. The molecule has 1 N–H and O–H groups in total.